The van der Waals surface area contributed by atoms with Crippen molar-refractivity contribution in [1.82, 2.24) is 10.4 Å². The predicted molar refractivity (Wildman–Crippen MR) is 139 cm³/mol. The Balaban J connectivity index is 1.36. The number of carbonyl (C=O) groups excluding carboxylic acids is 1. The molecule has 0 radical (unpaired) electrons. The quantitative estimate of drug-likeness (QED) is 0.440. The summed E-state index contributed by atoms with van der Waals surface area (Å²) in [6.45, 7) is -0.328. The molecule has 1 atom stereocenters. The van der Waals surface area contributed by atoms with E-state index in [1.165, 1.54) is 9.31 Å². The van der Waals surface area contributed by atoms with Crippen molar-refractivity contribution in [1.29, 1.82) is 0 Å². The molecular formula is C28H23N3O4S. The van der Waals surface area contributed by atoms with Crippen LogP contribution in [0.15, 0.2) is 102 Å². The molecule has 0 fully saturated rings. The number of hydrogen-bond acceptors (Lipinski definition) is 5. The van der Waals surface area contributed by atoms with Gasteiger partial charge in [-0.3, -0.25) is 14.5 Å². The lowest BCUT2D eigenvalue weighted by Gasteiger charge is -2.28. The molecular weight excluding hydrogens is 474 g/mol. The van der Waals surface area contributed by atoms with E-state index in [9.17, 15) is 13.2 Å². The number of hydrazine groups is 1. The molecule has 8 heteroatoms. The van der Waals surface area contributed by atoms with Crippen molar-refractivity contribution in [3.8, 4) is 5.75 Å². The third-order valence-corrected chi connectivity index (χ3v) is 8.42. The lowest BCUT2D eigenvalue weighted by atomic mass is 10.0. The van der Waals surface area contributed by atoms with Crippen LogP contribution in [0.25, 0.3) is 16.5 Å². The van der Waals surface area contributed by atoms with E-state index in [-0.39, 0.29) is 17.3 Å². The molecule has 0 aliphatic carbocycles. The van der Waals surface area contributed by atoms with Crippen LogP contribution in [-0.4, -0.2) is 33.0 Å². The van der Waals surface area contributed by atoms with Crippen LogP contribution in [0.3, 0.4) is 0 Å². The molecule has 7 nitrogen and oxygen atoms in total. The van der Waals surface area contributed by atoms with Gasteiger partial charge in [-0.15, -0.1) is 0 Å². The molecule has 4 aromatic rings. The van der Waals surface area contributed by atoms with E-state index in [1.54, 1.807) is 25.3 Å². The highest BCUT2D eigenvalue weighted by atomic mass is 32.2. The Hall–Kier alpha value is -4.30. The SMILES string of the molecule is COc1ccc([C@@H]2C=C(c3ccccc3)NN2C(=O)CN2c3cccc4cccc(c34)S2(=O)=O)cc1. The molecule has 4 aromatic carbocycles. The Morgan fingerprint density at radius 3 is 2.36 bits per heavy atom. The lowest BCUT2D eigenvalue weighted by Crippen LogP contribution is -2.46. The van der Waals surface area contributed by atoms with Crippen molar-refractivity contribution in [2.45, 2.75) is 10.9 Å². The summed E-state index contributed by atoms with van der Waals surface area (Å²) < 4.78 is 33.4. The summed E-state index contributed by atoms with van der Waals surface area (Å²) in [6, 6.07) is 27.4. The van der Waals surface area contributed by atoms with Gasteiger partial charge in [0.05, 0.1) is 29.4 Å². The summed E-state index contributed by atoms with van der Waals surface area (Å²) in [6.07, 6.45) is 1.98. The number of nitrogens with zero attached hydrogens (tertiary/aromatic N) is 2. The van der Waals surface area contributed by atoms with Gasteiger partial charge >= 0.3 is 0 Å². The Bertz CT molecular complexity index is 1610. The standard InChI is InChI=1S/C28H23N3O4S/c1-35-22-15-13-20(14-16-22)25-17-23(19-7-3-2-4-8-19)29-31(25)27(32)18-30-24-11-5-9-21-10-6-12-26(28(21)24)36(30,33)34/h2-17,25,29H,18H2,1H3/t25-/m0/s1. The predicted octanol–water partition coefficient (Wildman–Crippen LogP) is 4.49. The molecule has 1 N–H and O–H groups in total. The minimum absolute atomic E-state index is 0.229. The van der Waals surface area contributed by atoms with Crippen LogP contribution in [-0.2, 0) is 14.8 Å². The number of nitrogens with one attached hydrogen (secondary N) is 1. The first-order chi connectivity index (χ1) is 17.5. The second-order valence-electron chi connectivity index (χ2n) is 8.68. The number of carbonyl (C=O) groups is 1. The largest absolute Gasteiger partial charge is 0.497 e. The van der Waals surface area contributed by atoms with Crippen molar-refractivity contribution in [3.05, 3.63) is 108 Å². The van der Waals surface area contributed by atoms with Gasteiger partial charge in [0.15, 0.2) is 0 Å². The summed E-state index contributed by atoms with van der Waals surface area (Å²) >= 11 is 0. The second kappa shape index (κ2) is 8.42. The number of sulfonamides is 1. The fourth-order valence-electron chi connectivity index (χ4n) is 4.84. The van der Waals surface area contributed by atoms with Crippen LogP contribution >= 0.6 is 0 Å². The summed E-state index contributed by atoms with van der Waals surface area (Å²) in [5, 5.41) is 2.98. The molecule has 2 aliphatic rings. The first-order valence-electron chi connectivity index (χ1n) is 11.5. The van der Waals surface area contributed by atoms with E-state index in [0.29, 0.717) is 16.8 Å². The van der Waals surface area contributed by atoms with Gasteiger partial charge in [-0.1, -0.05) is 66.7 Å². The third-order valence-electron chi connectivity index (χ3n) is 6.61. The first-order valence-corrected chi connectivity index (χ1v) is 13.0. The summed E-state index contributed by atoms with van der Waals surface area (Å²) in [5.74, 6) is 0.343. The van der Waals surface area contributed by atoms with Gasteiger partial charge in [-0.25, -0.2) is 13.4 Å². The third kappa shape index (κ3) is 3.49. The minimum atomic E-state index is -3.86. The number of methoxy groups -OCH3 is 1. The summed E-state index contributed by atoms with van der Waals surface area (Å²) in [5.41, 5.74) is 6.32. The zero-order valence-corrected chi connectivity index (χ0v) is 20.3. The van der Waals surface area contributed by atoms with Crippen molar-refractivity contribution >= 4 is 38.1 Å². The van der Waals surface area contributed by atoms with Crippen molar-refractivity contribution in [2.75, 3.05) is 18.0 Å². The first kappa shape index (κ1) is 22.2. The zero-order valence-electron chi connectivity index (χ0n) is 19.5. The Labute approximate surface area is 209 Å². The maximum absolute atomic E-state index is 13.7. The van der Waals surface area contributed by atoms with Crippen LogP contribution in [0, 0.1) is 0 Å². The monoisotopic (exact) mass is 497 g/mol. The maximum atomic E-state index is 13.7. The number of amides is 1. The summed E-state index contributed by atoms with van der Waals surface area (Å²) in [7, 11) is -2.25. The van der Waals surface area contributed by atoms with E-state index in [4.69, 9.17) is 4.74 Å². The van der Waals surface area contributed by atoms with Gasteiger partial charge in [0.1, 0.15) is 12.3 Å². The Kier molecular flexibility index (Phi) is 5.19. The van der Waals surface area contributed by atoms with Crippen molar-refractivity contribution in [3.63, 3.8) is 0 Å². The molecule has 0 unspecified atom stereocenters. The van der Waals surface area contributed by atoms with Gasteiger partial charge in [-0.05, 0) is 46.9 Å². The lowest BCUT2D eigenvalue weighted by molar-refractivity contribution is -0.132. The molecule has 2 heterocycles. The summed E-state index contributed by atoms with van der Waals surface area (Å²) in [4.78, 5) is 14.0. The second-order valence-corrected chi connectivity index (χ2v) is 10.5. The van der Waals surface area contributed by atoms with E-state index < -0.39 is 16.1 Å². The van der Waals surface area contributed by atoms with Gasteiger partial charge in [0.25, 0.3) is 15.9 Å². The van der Waals surface area contributed by atoms with Crippen LogP contribution in [0.5, 0.6) is 5.75 Å². The highest BCUT2D eigenvalue weighted by Crippen LogP contribution is 2.42. The number of ether oxygens (including phenoxy) is 1. The fourth-order valence-corrected chi connectivity index (χ4v) is 6.50. The molecule has 0 bridgehead atoms. The highest BCUT2D eigenvalue weighted by molar-refractivity contribution is 7.93. The fraction of sp³-hybridized carbons (Fsp3) is 0.107. The van der Waals surface area contributed by atoms with Crippen LogP contribution in [0.1, 0.15) is 17.2 Å². The normalized spacial score (nSPS) is 17.7. The number of rotatable bonds is 5. The number of anilines is 1. The smallest absolute Gasteiger partial charge is 0.265 e. The van der Waals surface area contributed by atoms with Gasteiger partial charge in [-0.2, -0.15) is 0 Å². The number of benzene rings is 4. The molecule has 2 aliphatic heterocycles. The van der Waals surface area contributed by atoms with Crippen LogP contribution < -0.4 is 14.5 Å². The van der Waals surface area contributed by atoms with Crippen LogP contribution in [0.4, 0.5) is 5.69 Å². The van der Waals surface area contributed by atoms with Crippen molar-refractivity contribution in [2.24, 2.45) is 0 Å². The van der Waals surface area contributed by atoms with Gasteiger partial charge in [0, 0.05) is 5.39 Å². The van der Waals surface area contributed by atoms with Crippen molar-refractivity contribution < 1.29 is 17.9 Å². The van der Waals surface area contributed by atoms with E-state index in [1.807, 2.05) is 78.9 Å². The van der Waals surface area contributed by atoms with Crippen LogP contribution in [0.2, 0.25) is 0 Å². The average Bonchev–Trinajstić information content (AvgIpc) is 3.45. The Morgan fingerprint density at radius 1 is 0.917 bits per heavy atom. The average molecular weight is 498 g/mol. The molecule has 1 amide bonds. The zero-order chi connectivity index (χ0) is 24.9. The molecule has 36 heavy (non-hydrogen) atoms. The molecule has 0 spiro atoms. The topological polar surface area (TPSA) is 79.0 Å². The minimum Gasteiger partial charge on any atom is -0.497 e. The van der Waals surface area contributed by atoms with E-state index >= 15 is 0 Å². The molecule has 0 aromatic heterocycles. The van der Waals surface area contributed by atoms with E-state index in [0.717, 1.165) is 22.2 Å². The van der Waals surface area contributed by atoms with E-state index in [2.05, 4.69) is 5.43 Å². The van der Waals surface area contributed by atoms with Gasteiger partial charge < -0.3 is 4.74 Å². The number of hydrogen-bond donors (Lipinski definition) is 1. The Morgan fingerprint density at radius 2 is 1.64 bits per heavy atom. The highest BCUT2D eigenvalue weighted by Gasteiger charge is 2.39. The maximum Gasteiger partial charge on any atom is 0.265 e. The van der Waals surface area contributed by atoms with Gasteiger partial charge in [0.2, 0.25) is 0 Å². The molecule has 0 saturated carbocycles. The molecule has 180 valence electrons. The molecule has 6 rings (SSSR count). The molecule has 0 saturated heterocycles.